The van der Waals surface area contributed by atoms with Gasteiger partial charge in [0.05, 0.1) is 17.6 Å². The van der Waals surface area contributed by atoms with Gasteiger partial charge in [-0.15, -0.1) is 23.5 Å². The molecule has 1 heterocycles. The third-order valence-electron chi connectivity index (χ3n) is 17.8. The number of amides is 11. The zero-order chi connectivity index (χ0) is 74.3. The molecule has 13 atom stereocenters. The van der Waals surface area contributed by atoms with Crippen molar-refractivity contribution in [3.8, 4) is 0 Å². The number of hydrogen-bond acceptors (Lipinski definition) is 16. The molecule has 1 rings (SSSR count). The van der Waals surface area contributed by atoms with Crippen molar-refractivity contribution in [3.05, 3.63) is 12.2 Å². The summed E-state index contributed by atoms with van der Waals surface area (Å²) in [6.45, 7) is 30.4. The van der Waals surface area contributed by atoms with Gasteiger partial charge in [-0.05, 0) is 141 Å². The number of rotatable bonds is 23. The Balaban J connectivity index is 4.63. The molecule has 96 heavy (non-hydrogen) atoms. The molecule has 11 amide bonds. The molecule has 0 aromatic rings. The zero-order valence-corrected chi connectivity index (χ0v) is 65.0. The van der Waals surface area contributed by atoms with Crippen molar-refractivity contribution >= 4 is 88.5 Å². The van der Waals surface area contributed by atoms with E-state index in [1.165, 1.54) is 104 Å². The van der Waals surface area contributed by atoms with Crippen LogP contribution < -0.4 is 21.3 Å². The van der Waals surface area contributed by atoms with Crippen LogP contribution >= 0.6 is 23.5 Å². The molecule has 25 nitrogen and oxygen atoms in total. The molecule has 1 aliphatic rings. The van der Waals surface area contributed by atoms with Crippen LogP contribution in [0.3, 0.4) is 0 Å². The molecular weight excluding hydrogens is 1270 g/mol. The Bertz CT molecular complexity index is 2610. The Morgan fingerprint density at radius 3 is 1.50 bits per heavy atom. The standard InChI is InChI=1S/C69H126N12O13S2/c1-28-30-32-45(13)56(82)55-60(86)72-48(29-2)62(88)81(26)68(96-34-31-33-74(18)19)67(93)78(23)52(38-69(16,17)94-39-95-27)59(85)73-53(43(9)10)65(91)75(20)49(35-40(3)4)58(84)70-46(14)57(83)71-47(15)61(87)76(21)50(36-41(5)6)63(89)77(22)51(37-42(7)8)64(90)79(24)54(44(11)12)66(92)80(55)25/h28,30,40-56,68,82H,29,31-39H2,1-27H3,(H,70,84)(H,71,83)(H,72,86)(H,73,85)/b30-28+/t45-,46+,47-,48+,49+,50+,51+,52+,53+,54+,55+,56-,68-/m1/s1. The molecule has 1 fully saturated rings. The molecule has 0 radical (unpaired) electrons. The Morgan fingerprint density at radius 1 is 0.552 bits per heavy atom. The van der Waals surface area contributed by atoms with Crippen molar-refractivity contribution in [2.75, 3.05) is 87.9 Å². The summed E-state index contributed by atoms with van der Waals surface area (Å²) >= 11 is 2.57. The average Bonchev–Trinajstić information content (AvgIpc) is 0.811. The van der Waals surface area contributed by atoms with E-state index in [0.29, 0.717) is 25.1 Å². The summed E-state index contributed by atoms with van der Waals surface area (Å²) in [5.41, 5.74) is -1.05. The van der Waals surface area contributed by atoms with Crippen molar-refractivity contribution in [3.63, 3.8) is 0 Å². The van der Waals surface area contributed by atoms with Gasteiger partial charge in [0.15, 0.2) is 5.37 Å². The fraction of sp³-hybridized carbons (Fsp3) is 0.812. The highest BCUT2D eigenvalue weighted by Crippen LogP contribution is 2.29. The second-order valence-corrected chi connectivity index (χ2v) is 31.1. The fourth-order valence-electron chi connectivity index (χ4n) is 11.7. The number of ether oxygens (including phenoxy) is 1. The summed E-state index contributed by atoms with van der Waals surface area (Å²) in [7, 11) is 13.8. The molecule has 0 spiro atoms. The fourth-order valence-corrected chi connectivity index (χ4v) is 13.3. The second kappa shape index (κ2) is 41.2. The summed E-state index contributed by atoms with van der Waals surface area (Å²) in [5, 5.41) is 22.2. The molecule has 0 saturated carbocycles. The maximum atomic E-state index is 15.5. The van der Waals surface area contributed by atoms with Crippen LogP contribution in [-0.4, -0.2) is 275 Å². The molecule has 0 bridgehead atoms. The molecular formula is C69H126N12O13S2. The number of nitrogens with one attached hydrogen (secondary N) is 4. The average molecular weight is 1400 g/mol. The number of thioether (sulfide) groups is 2. The van der Waals surface area contributed by atoms with Crippen LogP contribution in [-0.2, 0) is 57.5 Å². The van der Waals surface area contributed by atoms with Gasteiger partial charge in [-0.3, -0.25) is 52.7 Å². The van der Waals surface area contributed by atoms with E-state index in [0.717, 1.165) is 16.7 Å². The number of carbonyl (C=O) groups excluding carboxylic acids is 11. The number of allylic oxidation sites excluding steroid dienone is 2. The number of aliphatic hydroxyl groups is 1. The molecule has 552 valence electrons. The van der Waals surface area contributed by atoms with Gasteiger partial charge in [-0.1, -0.05) is 95.2 Å². The van der Waals surface area contributed by atoms with Crippen LogP contribution in [0.5, 0.6) is 0 Å². The monoisotopic (exact) mass is 1390 g/mol. The van der Waals surface area contributed by atoms with E-state index in [-0.39, 0.29) is 55.8 Å². The lowest BCUT2D eigenvalue weighted by Gasteiger charge is -2.41. The third-order valence-corrected chi connectivity index (χ3v) is 19.5. The van der Waals surface area contributed by atoms with Gasteiger partial charge >= 0.3 is 0 Å². The van der Waals surface area contributed by atoms with Crippen LogP contribution in [0.1, 0.15) is 163 Å². The van der Waals surface area contributed by atoms with Crippen LogP contribution in [0.15, 0.2) is 12.2 Å². The van der Waals surface area contributed by atoms with Crippen molar-refractivity contribution in [1.82, 2.24) is 60.5 Å². The third kappa shape index (κ3) is 26.0. The zero-order valence-electron chi connectivity index (χ0n) is 63.4. The van der Waals surface area contributed by atoms with E-state index >= 15 is 33.6 Å². The van der Waals surface area contributed by atoms with Crippen LogP contribution in [0, 0.1) is 35.5 Å². The van der Waals surface area contributed by atoms with Crippen LogP contribution in [0.2, 0.25) is 0 Å². The van der Waals surface area contributed by atoms with Crippen LogP contribution in [0.25, 0.3) is 0 Å². The molecule has 27 heteroatoms. The topological polar surface area (TPSA) is 291 Å². The smallest absolute Gasteiger partial charge is 0.256 e. The first-order valence-electron chi connectivity index (χ1n) is 34.2. The molecule has 5 N–H and O–H groups in total. The van der Waals surface area contributed by atoms with E-state index in [1.54, 1.807) is 68.4 Å². The first kappa shape index (κ1) is 88.5. The Hall–Kier alpha value is -5.51. The van der Waals surface area contributed by atoms with E-state index in [1.807, 2.05) is 72.9 Å². The van der Waals surface area contributed by atoms with Gasteiger partial charge < -0.3 is 70.3 Å². The van der Waals surface area contributed by atoms with Crippen molar-refractivity contribution in [2.24, 2.45) is 35.5 Å². The number of likely N-dealkylation sites (N-methyl/N-ethyl adjacent to an activating group) is 7. The van der Waals surface area contributed by atoms with E-state index < -0.39 is 160 Å². The number of nitrogens with zero attached hydrogens (tertiary/aromatic N) is 8. The number of aliphatic hydroxyl groups excluding tert-OH is 1. The Morgan fingerprint density at radius 2 is 1.02 bits per heavy atom. The van der Waals surface area contributed by atoms with Crippen LogP contribution in [0.4, 0.5) is 0 Å². The summed E-state index contributed by atoms with van der Waals surface area (Å²) in [5.74, 6) is -9.35. The lowest BCUT2D eigenvalue weighted by Crippen LogP contribution is -2.64. The summed E-state index contributed by atoms with van der Waals surface area (Å²) < 4.78 is 6.23. The SMILES string of the molecule is C/C=C/C[C@@H](C)[C@@H](O)[C@H]1C(=O)N[C@@H](CC)C(=O)N(C)[C@H](SCCCN(C)C)C(=O)N(C)[C@@H](CC(C)(C)OCSC)C(=O)N[C@@H](C(C)C)C(=O)N(C)[C@@H](CC(C)C)C(=O)N[C@@H](C)C(=O)N[C@H](C)C(=O)N(C)[C@@H](CC(C)C)C(=O)N(C)[C@@H](CC(C)C)C(=O)N(C)[C@@H](C(C)C)C(=O)N1C. The molecule has 0 aromatic carbocycles. The molecule has 0 unspecified atom stereocenters. The highest BCUT2D eigenvalue weighted by molar-refractivity contribution is 8.00. The highest BCUT2D eigenvalue weighted by atomic mass is 32.2. The molecule has 0 aliphatic carbocycles. The van der Waals surface area contributed by atoms with Crippen molar-refractivity contribution < 1.29 is 62.6 Å². The van der Waals surface area contributed by atoms with Gasteiger partial charge in [-0.2, -0.15) is 0 Å². The van der Waals surface area contributed by atoms with E-state index in [2.05, 4.69) is 21.3 Å². The second-order valence-electron chi connectivity index (χ2n) is 29.1. The highest BCUT2D eigenvalue weighted by Gasteiger charge is 2.47. The normalized spacial score (nSPS) is 26.2. The lowest BCUT2D eigenvalue weighted by atomic mass is 9.91. The van der Waals surface area contributed by atoms with Gasteiger partial charge in [0.1, 0.15) is 60.4 Å². The van der Waals surface area contributed by atoms with Gasteiger partial charge in [0.2, 0.25) is 59.1 Å². The predicted molar refractivity (Wildman–Crippen MR) is 382 cm³/mol. The first-order valence-corrected chi connectivity index (χ1v) is 36.6. The summed E-state index contributed by atoms with van der Waals surface area (Å²) in [6, 6.07) is -12.9. The van der Waals surface area contributed by atoms with Gasteiger partial charge in [0, 0.05) is 55.8 Å². The summed E-state index contributed by atoms with van der Waals surface area (Å²) in [4.78, 5) is 176. The number of hydrogen-bond donors (Lipinski definition) is 5. The Labute approximate surface area is 584 Å². The molecule has 1 aliphatic heterocycles. The quantitative estimate of drug-likeness (QED) is 0.0525. The number of carbonyl (C=O) groups is 11. The summed E-state index contributed by atoms with van der Waals surface area (Å²) in [6.07, 6.45) is 5.11. The molecule has 0 aromatic heterocycles. The minimum atomic E-state index is -1.65. The maximum Gasteiger partial charge on any atom is 0.256 e. The maximum absolute atomic E-state index is 15.5. The lowest BCUT2D eigenvalue weighted by molar-refractivity contribution is -0.157. The van der Waals surface area contributed by atoms with Gasteiger partial charge in [0.25, 0.3) is 5.91 Å². The van der Waals surface area contributed by atoms with Crippen molar-refractivity contribution in [2.45, 2.75) is 240 Å². The first-order chi connectivity index (χ1) is 44.4. The Kier molecular flexibility index (Phi) is 37.9. The van der Waals surface area contributed by atoms with Gasteiger partial charge in [-0.25, -0.2) is 0 Å². The minimum Gasteiger partial charge on any atom is -0.390 e. The van der Waals surface area contributed by atoms with Crippen molar-refractivity contribution in [1.29, 1.82) is 0 Å². The van der Waals surface area contributed by atoms with E-state index in [9.17, 15) is 24.3 Å². The largest absolute Gasteiger partial charge is 0.390 e. The minimum absolute atomic E-state index is 0.0132. The predicted octanol–water partition coefficient (Wildman–Crippen LogP) is 4.74. The molecule has 1 saturated heterocycles. The van der Waals surface area contributed by atoms with E-state index in [4.69, 9.17) is 4.74 Å².